The lowest BCUT2D eigenvalue weighted by atomic mass is 10.3. The monoisotopic (exact) mass is 241 g/mol. The molecule has 8 nitrogen and oxygen atoms in total. The van der Waals surface area contributed by atoms with Crippen molar-refractivity contribution in [2.45, 2.75) is 6.42 Å². The average molecular weight is 241 g/mol. The molecule has 3 N–H and O–H groups in total. The number of carboxylic acid groups (broad SMARTS) is 1. The van der Waals surface area contributed by atoms with Gasteiger partial charge < -0.3 is 15.5 Å². The van der Waals surface area contributed by atoms with Crippen LogP contribution in [-0.4, -0.2) is 39.2 Å². The number of hydrogen-bond donors (Lipinski definition) is 3. The minimum atomic E-state index is -1.26. The van der Waals surface area contributed by atoms with E-state index in [1.54, 1.807) is 0 Å². The van der Waals surface area contributed by atoms with Crippen LogP contribution in [0.25, 0.3) is 0 Å². The van der Waals surface area contributed by atoms with Crippen molar-refractivity contribution in [2.75, 3.05) is 18.5 Å². The molecular formula is C9H11N3O5. The molecule has 0 spiro atoms. The fourth-order valence-electron chi connectivity index (χ4n) is 1.13. The first-order valence-electron chi connectivity index (χ1n) is 4.79. The summed E-state index contributed by atoms with van der Waals surface area (Å²) in [5.41, 5.74) is -0.574. The average Bonchev–Trinajstić information content (AvgIpc) is 2.28. The van der Waals surface area contributed by atoms with Crippen molar-refractivity contribution in [2.24, 2.45) is 0 Å². The van der Waals surface area contributed by atoms with E-state index in [1.807, 2.05) is 0 Å². The summed E-state index contributed by atoms with van der Waals surface area (Å²) in [6, 6.07) is 2.15. The fourth-order valence-corrected chi connectivity index (χ4v) is 1.13. The van der Waals surface area contributed by atoms with Crippen LogP contribution in [0.3, 0.4) is 0 Å². The fraction of sp³-hybridized carbons (Fsp3) is 0.333. The second kappa shape index (κ2) is 5.75. The summed E-state index contributed by atoms with van der Waals surface area (Å²) < 4.78 is 0. The van der Waals surface area contributed by atoms with E-state index in [2.05, 4.69) is 10.3 Å². The Kier molecular flexibility index (Phi) is 4.35. The minimum Gasteiger partial charge on any atom is -0.477 e. The Morgan fingerprint density at radius 2 is 2.24 bits per heavy atom. The first kappa shape index (κ1) is 12.8. The summed E-state index contributed by atoms with van der Waals surface area (Å²) in [7, 11) is 0. The van der Waals surface area contributed by atoms with Crippen LogP contribution in [0.2, 0.25) is 0 Å². The van der Waals surface area contributed by atoms with Crippen LogP contribution in [0.5, 0.6) is 0 Å². The number of carbonyl (C=O) groups is 1. The van der Waals surface area contributed by atoms with Crippen LogP contribution in [0.15, 0.2) is 12.1 Å². The number of carboxylic acids is 1. The van der Waals surface area contributed by atoms with Gasteiger partial charge in [0.2, 0.25) is 5.82 Å². The molecule has 0 atom stereocenters. The van der Waals surface area contributed by atoms with Gasteiger partial charge >= 0.3 is 11.7 Å². The zero-order valence-electron chi connectivity index (χ0n) is 8.79. The number of aliphatic hydroxyl groups excluding tert-OH is 1. The molecule has 0 aliphatic heterocycles. The van der Waals surface area contributed by atoms with Crippen LogP contribution in [0.1, 0.15) is 16.9 Å². The Morgan fingerprint density at radius 1 is 1.53 bits per heavy atom. The highest BCUT2D eigenvalue weighted by Crippen LogP contribution is 2.21. The molecule has 17 heavy (non-hydrogen) atoms. The number of pyridine rings is 1. The summed E-state index contributed by atoms with van der Waals surface area (Å²) in [5, 5.41) is 30.6. The number of aromatic carboxylic acids is 1. The molecule has 0 aliphatic carbocycles. The van der Waals surface area contributed by atoms with Crippen LogP contribution < -0.4 is 5.32 Å². The molecule has 0 unspecified atom stereocenters. The second-order valence-corrected chi connectivity index (χ2v) is 3.13. The Hall–Kier alpha value is -2.22. The predicted molar refractivity (Wildman–Crippen MR) is 58.0 cm³/mol. The van der Waals surface area contributed by atoms with Crippen molar-refractivity contribution in [1.82, 2.24) is 4.98 Å². The molecule has 0 saturated heterocycles. The third-order valence-corrected chi connectivity index (χ3v) is 1.92. The molecule has 0 saturated carbocycles. The number of aliphatic hydroxyl groups is 1. The van der Waals surface area contributed by atoms with Crippen LogP contribution in [-0.2, 0) is 0 Å². The first-order valence-corrected chi connectivity index (χ1v) is 4.79. The molecule has 1 aromatic heterocycles. The third kappa shape index (κ3) is 3.38. The molecule has 0 aromatic carbocycles. The number of anilines is 1. The van der Waals surface area contributed by atoms with E-state index >= 15 is 0 Å². The summed E-state index contributed by atoms with van der Waals surface area (Å²) >= 11 is 0. The zero-order valence-corrected chi connectivity index (χ0v) is 8.79. The maximum atomic E-state index is 10.7. The van der Waals surface area contributed by atoms with Crippen molar-refractivity contribution in [3.63, 3.8) is 0 Å². The van der Waals surface area contributed by atoms with Crippen LogP contribution >= 0.6 is 0 Å². The minimum absolute atomic E-state index is 0.0700. The number of nitro groups is 1. The molecular weight excluding hydrogens is 230 g/mol. The number of nitrogens with one attached hydrogen (secondary N) is 1. The molecule has 1 heterocycles. The molecule has 1 aromatic rings. The summed E-state index contributed by atoms with van der Waals surface area (Å²) in [6.45, 7) is 0.201. The highest BCUT2D eigenvalue weighted by molar-refractivity contribution is 5.86. The summed E-state index contributed by atoms with van der Waals surface area (Å²) in [4.78, 5) is 24.3. The summed E-state index contributed by atoms with van der Waals surface area (Å²) in [6.07, 6.45) is 0.385. The first-order chi connectivity index (χ1) is 8.06. The van der Waals surface area contributed by atoms with E-state index in [0.717, 1.165) is 12.1 Å². The smallest absolute Gasteiger partial charge is 0.354 e. The summed E-state index contributed by atoms with van der Waals surface area (Å²) in [5.74, 6) is -1.37. The van der Waals surface area contributed by atoms with Gasteiger partial charge in [0, 0.05) is 19.2 Å². The number of rotatable bonds is 6. The topological polar surface area (TPSA) is 126 Å². The second-order valence-electron chi connectivity index (χ2n) is 3.13. The van der Waals surface area contributed by atoms with Crippen molar-refractivity contribution in [3.05, 3.63) is 27.9 Å². The van der Waals surface area contributed by atoms with Gasteiger partial charge in [0.05, 0.1) is 4.92 Å². The van der Waals surface area contributed by atoms with Crippen LogP contribution in [0.4, 0.5) is 11.5 Å². The lowest BCUT2D eigenvalue weighted by Gasteiger charge is -2.05. The lowest BCUT2D eigenvalue weighted by molar-refractivity contribution is -0.384. The Morgan fingerprint density at radius 3 is 2.76 bits per heavy atom. The van der Waals surface area contributed by atoms with E-state index in [9.17, 15) is 14.9 Å². The zero-order chi connectivity index (χ0) is 12.8. The molecule has 8 heteroatoms. The molecule has 0 aliphatic rings. The maximum Gasteiger partial charge on any atom is 0.354 e. The van der Waals surface area contributed by atoms with Gasteiger partial charge in [0.25, 0.3) is 0 Å². The largest absolute Gasteiger partial charge is 0.477 e. The molecule has 0 radical (unpaired) electrons. The van der Waals surface area contributed by atoms with E-state index in [0.29, 0.717) is 6.42 Å². The predicted octanol–water partition coefficient (Wildman–Crippen LogP) is 0.482. The Labute approximate surface area is 96.1 Å². The molecule has 0 amide bonds. The number of nitrogens with zero attached hydrogens (tertiary/aromatic N) is 2. The molecule has 1 rings (SSSR count). The van der Waals surface area contributed by atoms with Gasteiger partial charge in [-0.15, -0.1) is 0 Å². The standard InChI is InChI=1S/C9H11N3O5/c13-5-1-4-10-8-7(12(16)17)3-2-6(11-8)9(14)15/h2-3,13H,1,4-5H2,(H,10,11)(H,14,15). The lowest BCUT2D eigenvalue weighted by Crippen LogP contribution is -2.10. The SMILES string of the molecule is O=C(O)c1ccc([N+](=O)[O-])c(NCCCO)n1. The van der Waals surface area contributed by atoms with Gasteiger partial charge in [0.15, 0.2) is 5.69 Å². The van der Waals surface area contributed by atoms with E-state index < -0.39 is 10.9 Å². The normalized spacial score (nSPS) is 9.94. The number of aromatic nitrogens is 1. The molecule has 0 fully saturated rings. The molecule has 92 valence electrons. The Balaban J connectivity index is 2.98. The molecule has 0 bridgehead atoms. The highest BCUT2D eigenvalue weighted by atomic mass is 16.6. The highest BCUT2D eigenvalue weighted by Gasteiger charge is 2.17. The van der Waals surface area contributed by atoms with Gasteiger partial charge in [-0.1, -0.05) is 0 Å². The van der Waals surface area contributed by atoms with Crippen LogP contribution in [0, 0.1) is 10.1 Å². The van der Waals surface area contributed by atoms with E-state index in [-0.39, 0.29) is 30.4 Å². The van der Waals surface area contributed by atoms with Crippen molar-refractivity contribution in [1.29, 1.82) is 0 Å². The van der Waals surface area contributed by atoms with Gasteiger partial charge in [-0.3, -0.25) is 10.1 Å². The van der Waals surface area contributed by atoms with Gasteiger partial charge in [-0.25, -0.2) is 9.78 Å². The van der Waals surface area contributed by atoms with Crippen molar-refractivity contribution in [3.8, 4) is 0 Å². The quantitative estimate of drug-likeness (QED) is 0.375. The Bertz CT molecular complexity index is 435. The third-order valence-electron chi connectivity index (χ3n) is 1.92. The number of hydrogen-bond acceptors (Lipinski definition) is 6. The van der Waals surface area contributed by atoms with Crippen molar-refractivity contribution >= 4 is 17.5 Å². The van der Waals surface area contributed by atoms with E-state index in [1.165, 1.54) is 0 Å². The van der Waals surface area contributed by atoms with Crippen molar-refractivity contribution < 1.29 is 19.9 Å². The maximum absolute atomic E-state index is 10.7. The van der Waals surface area contributed by atoms with Gasteiger partial charge in [-0.05, 0) is 12.5 Å². The van der Waals surface area contributed by atoms with E-state index in [4.69, 9.17) is 10.2 Å². The van der Waals surface area contributed by atoms with Gasteiger partial charge in [-0.2, -0.15) is 0 Å². The van der Waals surface area contributed by atoms with Gasteiger partial charge in [0.1, 0.15) is 0 Å².